The molecule has 2 amide bonds. The zero-order valence-electron chi connectivity index (χ0n) is 22.6. The second-order valence-corrected chi connectivity index (χ2v) is 11.8. The summed E-state index contributed by atoms with van der Waals surface area (Å²) in [6.45, 7) is 8.24. The molecule has 2 aromatic carbocycles. The minimum atomic E-state index is -3.90. The third kappa shape index (κ3) is 8.59. The molecular formula is C27H37N3O6S. The molecule has 0 aliphatic heterocycles. The van der Waals surface area contributed by atoms with Gasteiger partial charge in [0.05, 0.1) is 19.1 Å². The molecule has 0 fully saturated rings. The molecule has 0 aliphatic rings. The molecule has 0 aromatic heterocycles. The highest BCUT2D eigenvalue weighted by atomic mass is 32.2. The average molecular weight is 532 g/mol. The summed E-state index contributed by atoms with van der Waals surface area (Å²) in [4.78, 5) is 40.3. The van der Waals surface area contributed by atoms with Crippen molar-refractivity contribution in [3.05, 3.63) is 59.7 Å². The van der Waals surface area contributed by atoms with Crippen LogP contribution in [0.1, 0.15) is 57.0 Å². The van der Waals surface area contributed by atoms with Crippen LogP contribution >= 0.6 is 0 Å². The van der Waals surface area contributed by atoms with Crippen molar-refractivity contribution in [2.75, 3.05) is 24.2 Å². The Balaban J connectivity index is 2.51. The normalized spacial score (nSPS) is 12.4. The minimum absolute atomic E-state index is 0.0667. The van der Waals surface area contributed by atoms with Crippen LogP contribution in [0.15, 0.2) is 48.5 Å². The van der Waals surface area contributed by atoms with Crippen molar-refractivity contribution < 1.29 is 27.5 Å². The number of methoxy groups -OCH3 is 1. The zero-order valence-corrected chi connectivity index (χ0v) is 23.4. The Bertz CT molecular complexity index is 1240. The van der Waals surface area contributed by atoms with Crippen molar-refractivity contribution in [3.63, 3.8) is 0 Å². The standard InChI is InChI=1S/C27H37N3O6S/c1-8-24(26(33)28-27(3,4)5)29(17-20-11-9-14-23(15-20)36-6)25(32)18-30(37(7,34)35)22-13-10-12-21(16-22)19(2)31/h9-16,24H,8,17-18H2,1-7H3,(H,28,33)/t24-/m0/s1. The number of hydrogen-bond donors (Lipinski definition) is 1. The molecule has 0 saturated heterocycles. The Kier molecular flexibility index (Phi) is 9.86. The Morgan fingerprint density at radius 2 is 1.70 bits per heavy atom. The van der Waals surface area contributed by atoms with Crippen LogP contribution in [0.25, 0.3) is 0 Å². The lowest BCUT2D eigenvalue weighted by atomic mass is 10.1. The first kappa shape index (κ1) is 29.8. The summed E-state index contributed by atoms with van der Waals surface area (Å²) in [5.74, 6) is -0.532. The number of rotatable bonds is 11. The average Bonchev–Trinajstić information content (AvgIpc) is 2.80. The number of ketones is 1. The van der Waals surface area contributed by atoms with Crippen LogP contribution in [0.4, 0.5) is 5.69 Å². The summed E-state index contributed by atoms with van der Waals surface area (Å²) in [6, 6.07) is 12.4. The van der Waals surface area contributed by atoms with Crippen LogP contribution in [-0.4, -0.2) is 62.4 Å². The first-order valence-corrected chi connectivity index (χ1v) is 13.8. The third-order valence-corrected chi connectivity index (χ3v) is 6.73. The van der Waals surface area contributed by atoms with Crippen LogP contribution in [0.3, 0.4) is 0 Å². The molecular weight excluding hydrogens is 494 g/mol. The van der Waals surface area contributed by atoms with Gasteiger partial charge in [0.2, 0.25) is 21.8 Å². The van der Waals surface area contributed by atoms with Crippen LogP contribution in [-0.2, 0) is 26.2 Å². The maximum atomic E-state index is 13.8. The third-order valence-electron chi connectivity index (χ3n) is 5.59. The van der Waals surface area contributed by atoms with Gasteiger partial charge >= 0.3 is 0 Å². The van der Waals surface area contributed by atoms with E-state index >= 15 is 0 Å². The van der Waals surface area contributed by atoms with Crippen molar-refractivity contribution in [1.82, 2.24) is 10.2 Å². The number of sulfonamides is 1. The van der Waals surface area contributed by atoms with E-state index in [2.05, 4.69) is 5.32 Å². The maximum Gasteiger partial charge on any atom is 0.244 e. The van der Waals surface area contributed by atoms with Gasteiger partial charge in [-0.05, 0) is 63.9 Å². The first-order valence-electron chi connectivity index (χ1n) is 12.0. The molecule has 0 aliphatic carbocycles. The largest absolute Gasteiger partial charge is 0.497 e. The van der Waals surface area contributed by atoms with Crippen molar-refractivity contribution in [2.45, 2.75) is 59.2 Å². The number of carbonyl (C=O) groups is 3. The molecule has 9 nitrogen and oxygen atoms in total. The second kappa shape index (κ2) is 12.2. The predicted octanol–water partition coefficient (Wildman–Crippen LogP) is 3.39. The maximum absolute atomic E-state index is 13.8. The molecule has 2 aromatic rings. The van der Waals surface area contributed by atoms with Crippen molar-refractivity contribution >= 4 is 33.3 Å². The highest BCUT2D eigenvalue weighted by Crippen LogP contribution is 2.22. The monoisotopic (exact) mass is 531 g/mol. The van der Waals surface area contributed by atoms with Gasteiger partial charge in [-0.1, -0.05) is 31.2 Å². The zero-order chi connectivity index (χ0) is 28.0. The van der Waals surface area contributed by atoms with Crippen molar-refractivity contribution in [2.24, 2.45) is 0 Å². The lowest BCUT2D eigenvalue weighted by molar-refractivity contribution is -0.141. The van der Waals surface area contributed by atoms with Gasteiger partial charge in [0.25, 0.3) is 0 Å². The molecule has 0 saturated carbocycles. The molecule has 0 spiro atoms. The first-order chi connectivity index (χ1) is 17.2. The fourth-order valence-electron chi connectivity index (χ4n) is 3.83. The number of ether oxygens (including phenoxy) is 1. The lowest BCUT2D eigenvalue weighted by Crippen LogP contribution is -2.55. The SMILES string of the molecule is CC[C@@H](C(=O)NC(C)(C)C)N(Cc1cccc(OC)c1)C(=O)CN(c1cccc(C(C)=O)c1)S(C)(=O)=O. The fourth-order valence-corrected chi connectivity index (χ4v) is 4.68. The summed E-state index contributed by atoms with van der Waals surface area (Å²) < 4.78 is 31.7. The van der Waals surface area contributed by atoms with Gasteiger partial charge in [0.1, 0.15) is 18.3 Å². The Hall–Kier alpha value is -3.40. The van der Waals surface area contributed by atoms with Gasteiger partial charge in [-0.15, -0.1) is 0 Å². The predicted molar refractivity (Wildman–Crippen MR) is 144 cm³/mol. The van der Waals surface area contributed by atoms with E-state index in [0.717, 1.165) is 16.1 Å². The van der Waals surface area contributed by atoms with E-state index in [-0.39, 0.29) is 23.9 Å². The number of anilines is 1. The van der Waals surface area contributed by atoms with E-state index in [1.54, 1.807) is 37.3 Å². The van der Waals surface area contributed by atoms with Crippen LogP contribution in [0.5, 0.6) is 5.75 Å². The van der Waals surface area contributed by atoms with Crippen molar-refractivity contribution in [1.29, 1.82) is 0 Å². The van der Waals surface area contributed by atoms with Gasteiger partial charge < -0.3 is 15.0 Å². The van der Waals surface area contributed by atoms with E-state index in [4.69, 9.17) is 4.74 Å². The van der Waals surface area contributed by atoms with Gasteiger partial charge in [-0.3, -0.25) is 18.7 Å². The summed E-state index contributed by atoms with van der Waals surface area (Å²) >= 11 is 0. The minimum Gasteiger partial charge on any atom is -0.497 e. The number of amides is 2. The van der Waals surface area contributed by atoms with Gasteiger partial charge in [0.15, 0.2) is 5.78 Å². The number of Topliss-reactive ketones (excluding diaryl/α,β-unsaturated/α-hetero) is 1. The number of nitrogens with one attached hydrogen (secondary N) is 1. The number of carbonyl (C=O) groups excluding carboxylic acids is 3. The molecule has 10 heteroatoms. The van der Waals surface area contributed by atoms with E-state index in [1.165, 1.54) is 31.1 Å². The molecule has 37 heavy (non-hydrogen) atoms. The molecule has 0 radical (unpaired) electrons. The molecule has 202 valence electrons. The second-order valence-electron chi connectivity index (χ2n) is 9.91. The summed E-state index contributed by atoms with van der Waals surface area (Å²) in [5, 5.41) is 2.92. The van der Waals surface area contributed by atoms with Gasteiger partial charge in [-0.25, -0.2) is 8.42 Å². The summed E-state index contributed by atoms with van der Waals surface area (Å²) in [5.41, 5.74) is 0.709. The van der Waals surface area contributed by atoms with Crippen molar-refractivity contribution in [3.8, 4) is 5.75 Å². The number of benzene rings is 2. The highest BCUT2D eigenvalue weighted by molar-refractivity contribution is 7.92. The quantitative estimate of drug-likeness (QED) is 0.445. The Morgan fingerprint density at radius 3 is 2.24 bits per heavy atom. The lowest BCUT2D eigenvalue weighted by Gasteiger charge is -2.34. The number of hydrogen-bond acceptors (Lipinski definition) is 6. The topological polar surface area (TPSA) is 113 Å². The fraction of sp³-hybridized carbons (Fsp3) is 0.444. The summed E-state index contributed by atoms with van der Waals surface area (Å²) in [7, 11) is -2.37. The van der Waals surface area contributed by atoms with E-state index in [0.29, 0.717) is 17.7 Å². The smallest absolute Gasteiger partial charge is 0.244 e. The molecule has 1 N–H and O–H groups in total. The van der Waals surface area contributed by atoms with Gasteiger partial charge in [0, 0.05) is 17.6 Å². The molecule has 0 unspecified atom stereocenters. The molecule has 0 bridgehead atoms. The van der Waals surface area contributed by atoms with Crippen LogP contribution in [0.2, 0.25) is 0 Å². The highest BCUT2D eigenvalue weighted by Gasteiger charge is 2.33. The Morgan fingerprint density at radius 1 is 1.05 bits per heavy atom. The molecule has 1 atom stereocenters. The summed E-state index contributed by atoms with van der Waals surface area (Å²) in [6.07, 6.45) is 1.31. The van der Waals surface area contributed by atoms with Gasteiger partial charge in [-0.2, -0.15) is 0 Å². The van der Waals surface area contributed by atoms with Crippen LogP contribution < -0.4 is 14.4 Å². The number of nitrogens with zero attached hydrogens (tertiary/aromatic N) is 2. The molecule has 0 heterocycles. The van der Waals surface area contributed by atoms with Crippen LogP contribution in [0, 0.1) is 0 Å². The van der Waals surface area contributed by atoms with E-state index in [9.17, 15) is 22.8 Å². The van der Waals surface area contributed by atoms with E-state index < -0.39 is 34.1 Å². The Labute approximate surface area is 219 Å². The molecule has 2 rings (SSSR count). The van der Waals surface area contributed by atoms with E-state index in [1.807, 2.05) is 26.8 Å².